The van der Waals surface area contributed by atoms with Crippen LogP contribution in [0.3, 0.4) is 0 Å². The molecule has 0 bridgehead atoms. The number of rotatable bonds is 8. The van der Waals surface area contributed by atoms with Crippen LogP contribution in [0.15, 0.2) is 24.3 Å². The van der Waals surface area contributed by atoms with Gasteiger partial charge in [0.1, 0.15) is 0 Å². The number of nitro groups is 1. The zero-order chi connectivity index (χ0) is 14.3. The maximum atomic E-state index is 10.5. The molecule has 0 spiro atoms. The molecule has 1 aromatic rings. The summed E-state index contributed by atoms with van der Waals surface area (Å²) in [5.41, 5.74) is 1.21. The minimum absolute atomic E-state index is 0.139. The molecule has 5 heteroatoms. The van der Waals surface area contributed by atoms with Crippen molar-refractivity contribution in [2.75, 3.05) is 20.1 Å². The molecule has 0 saturated carbocycles. The van der Waals surface area contributed by atoms with Gasteiger partial charge >= 0.3 is 0 Å². The molecular weight excluding hydrogens is 242 g/mol. The third-order valence-electron chi connectivity index (χ3n) is 3.46. The average molecular weight is 265 g/mol. The Hall–Kier alpha value is -1.46. The molecule has 0 saturated heterocycles. The summed E-state index contributed by atoms with van der Waals surface area (Å²) < 4.78 is 0. The van der Waals surface area contributed by atoms with Crippen molar-refractivity contribution in [1.29, 1.82) is 0 Å². The van der Waals surface area contributed by atoms with E-state index in [1.165, 1.54) is 0 Å². The lowest BCUT2D eigenvalue weighted by atomic mass is 10.2. The van der Waals surface area contributed by atoms with Crippen LogP contribution in [-0.2, 0) is 6.54 Å². The Bertz CT molecular complexity index is 392. The van der Waals surface area contributed by atoms with Crippen LogP contribution >= 0.6 is 0 Å². The van der Waals surface area contributed by atoms with E-state index in [1.54, 1.807) is 24.3 Å². The van der Waals surface area contributed by atoms with Gasteiger partial charge in [-0.3, -0.25) is 10.1 Å². The third kappa shape index (κ3) is 5.36. The molecule has 0 aromatic heterocycles. The predicted molar refractivity (Wildman–Crippen MR) is 77.2 cm³/mol. The van der Waals surface area contributed by atoms with Crippen molar-refractivity contribution in [2.45, 2.75) is 32.9 Å². The minimum atomic E-state index is -0.377. The summed E-state index contributed by atoms with van der Waals surface area (Å²) >= 11 is 0. The van der Waals surface area contributed by atoms with E-state index < -0.39 is 0 Å². The van der Waals surface area contributed by atoms with Gasteiger partial charge in [0.05, 0.1) is 4.92 Å². The number of hydrogen-bond donors (Lipinski definition) is 1. The van der Waals surface area contributed by atoms with E-state index in [0.717, 1.165) is 31.6 Å². The fourth-order valence-corrected chi connectivity index (χ4v) is 1.76. The highest BCUT2D eigenvalue weighted by atomic mass is 16.6. The Morgan fingerprint density at radius 1 is 1.37 bits per heavy atom. The number of nitro benzene ring substituents is 1. The molecule has 0 fully saturated rings. The minimum Gasteiger partial charge on any atom is -0.311 e. The van der Waals surface area contributed by atoms with Crippen LogP contribution in [-0.4, -0.2) is 36.0 Å². The first kappa shape index (κ1) is 15.6. The van der Waals surface area contributed by atoms with E-state index in [1.807, 2.05) is 0 Å². The highest BCUT2D eigenvalue weighted by Crippen LogP contribution is 2.11. The van der Waals surface area contributed by atoms with Crippen molar-refractivity contribution in [3.05, 3.63) is 39.9 Å². The molecule has 106 valence electrons. The van der Waals surface area contributed by atoms with Crippen molar-refractivity contribution in [3.63, 3.8) is 0 Å². The van der Waals surface area contributed by atoms with Gasteiger partial charge in [-0.25, -0.2) is 0 Å². The molecule has 1 N–H and O–H groups in total. The Morgan fingerprint density at radius 2 is 2.00 bits per heavy atom. The van der Waals surface area contributed by atoms with E-state index in [-0.39, 0.29) is 10.6 Å². The van der Waals surface area contributed by atoms with Crippen LogP contribution < -0.4 is 5.32 Å². The van der Waals surface area contributed by atoms with E-state index in [2.05, 4.69) is 31.1 Å². The molecule has 19 heavy (non-hydrogen) atoms. The first-order valence-corrected chi connectivity index (χ1v) is 6.69. The van der Waals surface area contributed by atoms with Gasteiger partial charge in [0.15, 0.2) is 0 Å². The van der Waals surface area contributed by atoms with Crippen LogP contribution in [0.4, 0.5) is 5.69 Å². The number of nitrogens with zero attached hydrogens (tertiary/aromatic N) is 2. The molecule has 0 amide bonds. The molecule has 1 rings (SSSR count). The first-order chi connectivity index (χ1) is 9.04. The van der Waals surface area contributed by atoms with Gasteiger partial charge in [0.2, 0.25) is 0 Å². The smallest absolute Gasteiger partial charge is 0.269 e. The van der Waals surface area contributed by atoms with Crippen molar-refractivity contribution in [1.82, 2.24) is 10.2 Å². The van der Waals surface area contributed by atoms with Crippen molar-refractivity contribution in [2.24, 2.45) is 0 Å². The Balaban J connectivity index is 2.28. The SMILES string of the molecule is CCC(C)N(C)CCNCc1ccc([N+](=O)[O-])cc1. The van der Waals surface area contributed by atoms with Crippen LogP contribution in [0.25, 0.3) is 0 Å². The van der Waals surface area contributed by atoms with Gasteiger partial charge in [-0.1, -0.05) is 19.1 Å². The summed E-state index contributed by atoms with van der Waals surface area (Å²) in [6, 6.07) is 7.28. The largest absolute Gasteiger partial charge is 0.311 e. The van der Waals surface area contributed by atoms with Crippen molar-refractivity contribution in [3.8, 4) is 0 Å². The fraction of sp³-hybridized carbons (Fsp3) is 0.571. The Morgan fingerprint density at radius 3 is 2.53 bits per heavy atom. The second-order valence-electron chi connectivity index (χ2n) is 4.84. The summed E-state index contributed by atoms with van der Waals surface area (Å²) in [6.07, 6.45) is 1.15. The maximum Gasteiger partial charge on any atom is 0.269 e. The molecule has 0 aliphatic rings. The Labute approximate surface area is 114 Å². The normalized spacial score (nSPS) is 12.6. The predicted octanol–water partition coefficient (Wildman–Crippen LogP) is 2.41. The van der Waals surface area contributed by atoms with Gasteiger partial charge in [0, 0.05) is 37.8 Å². The monoisotopic (exact) mass is 265 g/mol. The van der Waals surface area contributed by atoms with Crippen molar-refractivity contribution < 1.29 is 4.92 Å². The second-order valence-corrected chi connectivity index (χ2v) is 4.84. The highest BCUT2D eigenvalue weighted by molar-refractivity contribution is 5.32. The molecule has 5 nitrogen and oxygen atoms in total. The van der Waals surface area contributed by atoms with Gasteiger partial charge in [-0.15, -0.1) is 0 Å². The lowest BCUT2D eigenvalue weighted by Crippen LogP contribution is -2.34. The zero-order valence-corrected chi connectivity index (χ0v) is 11.9. The quantitative estimate of drug-likeness (QED) is 0.445. The zero-order valence-electron chi connectivity index (χ0n) is 11.9. The number of non-ortho nitro benzene ring substituents is 1. The summed E-state index contributed by atoms with van der Waals surface area (Å²) in [4.78, 5) is 12.5. The molecule has 1 atom stereocenters. The topological polar surface area (TPSA) is 58.4 Å². The number of benzene rings is 1. The molecule has 0 aliphatic heterocycles. The van der Waals surface area contributed by atoms with Crippen LogP contribution in [0.1, 0.15) is 25.8 Å². The number of likely N-dealkylation sites (N-methyl/N-ethyl adjacent to an activating group) is 1. The standard InChI is InChI=1S/C14H23N3O2/c1-4-12(2)16(3)10-9-15-11-13-5-7-14(8-6-13)17(18)19/h5-8,12,15H,4,9-11H2,1-3H3. The van der Waals surface area contributed by atoms with Gasteiger partial charge in [0.25, 0.3) is 5.69 Å². The van der Waals surface area contributed by atoms with Gasteiger partial charge in [-0.05, 0) is 26.0 Å². The van der Waals surface area contributed by atoms with Gasteiger partial charge < -0.3 is 10.2 Å². The number of nitrogens with one attached hydrogen (secondary N) is 1. The summed E-state index contributed by atoms with van der Waals surface area (Å²) in [7, 11) is 2.13. The van der Waals surface area contributed by atoms with E-state index in [9.17, 15) is 10.1 Å². The van der Waals surface area contributed by atoms with Gasteiger partial charge in [-0.2, -0.15) is 0 Å². The van der Waals surface area contributed by atoms with E-state index >= 15 is 0 Å². The van der Waals surface area contributed by atoms with Crippen molar-refractivity contribution >= 4 is 5.69 Å². The average Bonchev–Trinajstić information content (AvgIpc) is 2.42. The second kappa shape index (κ2) is 7.86. The van der Waals surface area contributed by atoms with E-state index in [4.69, 9.17) is 0 Å². The van der Waals surface area contributed by atoms with Crippen LogP contribution in [0.5, 0.6) is 0 Å². The third-order valence-corrected chi connectivity index (χ3v) is 3.46. The molecule has 0 heterocycles. The molecule has 0 aliphatic carbocycles. The Kier molecular flexibility index (Phi) is 6.45. The summed E-state index contributed by atoms with van der Waals surface area (Å²) in [5.74, 6) is 0. The highest BCUT2D eigenvalue weighted by Gasteiger charge is 2.06. The molecule has 1 aromatic carbocycles. The molecule has 0 radical (unpaired) electrons. The maximum absolute atomic E-state index is 10.5. The lowest BCUT2D eigenvalue weighted by molar-refractivity contribution is -0.384. The number of hydrogen-bond acceptors (Lipinski definition) is 4. The van der Waals surface area contributed by atoms with E-state index in [0.29, 0.717) is 6.04 Å². The first-order valence-electron chi connectivity index (χ1n) is 6.69. The van der Waals surface area contributed by atoms with Crippen LogP contribution in [0, 0.1) is 10.1 Å². The molecular formula is C14H23N3O2. The van der Waals surface area contributed by atoms with Crippen LogP contribution in [0.2, 0.25) is 0 Å². The fourth-order valence-electron chi connectivity index (χ4n) is 1.76. The summed E-state index contributed by atoms with van der Waals surface area (Å²) in [5, 5.41) is 13.9. The lowest BCUT2D eigenvalue weighted by Gasteiger charge is -2.23. The molecule has 1 unspecified atom stereocenters. The summed E-state index contributed by atoms with van der Waals surface area (Å²) in [6.45, 7) is 7.06.